The van der Waals surface area contributed by atoms with Crippen molar-refractivity contribution in [2.75, 3.05) is 0 Å². The van der Waals surface area contributed by atoms with Crippen molar-refractivity contribution in [1.29, 1.82) is 0 Å². The first-order valence-corrected chi connectivity index (χ1v) is 7.48. The van der Waals surface area contributed by atoms with Crippen molar-refractivity contribution in [2.45, 2.75) is 67.0 Å². The summed E-state index contributed by atoms with van der Waals surface area (Å²) in [5.74, 6) is 0.645. The number of hydrogen-bond donors (Lipinski definition) is 1. The number of aliphatic hydroxyl groups is 1. The fourth-order valence-corrected chi connectivity index (χ4v) is 2.96. The third-order valence-electron chi connectivity index (χ3n) is 5.01. The Kier molecular flexibility index (Phi) is 3.59. The highest BCUT2D eigenvalue weighted by molar-refractivity contribution is 5.29. The number of nitrogens with zero attached hydrogens (tertiary/aromatic N) is 1. The summed E-state index contributed by atoms with van der Waals surface area (Å²) >= 11 is 0. The average molecular weight is 263 g/mol. The molecule has 0 bridgehead atoms. The molecule has 1 aromatic rings. The zero-order valence-electron chi connectivity index (χ0n) is 13.3. The molecule has 1 aliphatic rings. The van der Waals surface area contributed by atoms with Crippen LogP contribution in [0.4, 0.5) is 0 Å². The predicted molar refractivity (Wildman–Crippen MR) is 80.1 cm³/mol. The summed E-state index contributed by atoms with van der Waals surface area (Å²) in [6, 6.07) is 2.12. The molecule has 0 radical (unpaired) electrons. The summed E-state index contributed by atoms with van der Waals surface area (Å²) < 4.78 is 2.37. The Morgan fingerprint density at radius 3 is 2.63 bits per heavy atom. The Hall–Kier alpha value is -0.760. The average Bonchev–Trinajstić information content (AvgIpc) is 2.59. The topological polar surface area (TPSA) is 25.2 Å². The molecule has 1 aromatic heterocycles. The largest absolute Gasteiger partial charge is 0.388 e. The van der Waals surface area contributed by atoms with Gasteiger partial charge in [-0.15, -0.1) is 0 Å². The molecule has 2 nitrogen and oxygen atoms in total. The van der Waals surface area contributed by atoms with Crippen molar-refractivity contribution >= 4 is 0 Å². The first-order valence-electron chi connectivity index (χ1n) is 7.48. The van der Waals surface area contributed by atoms with E-state index >= 15 is 0 Å². The second kappa shape index (κ2) is 4.66. The maximum atomic E-state index is 10.3. The Morgan fingerprint density at radius 2 is 2.05 bits per heavy atom. The van der Waals surface area contributed by atoms with E-state index in [1.807, 2.05) is 0 Å². The van der Waals surface area contributed by atoms with Crippen LogP contribution in [-0.4, -0.2) is 9.67 Å². The van der Waals surface area contributed by atoms with Crippen LogP contribution in [0.25, 0.3) is 0 Å². The van der Waals surface area contributed by atoms with Crippen molar-refractivity contribution in [3.05, 3.63) is 23.5 Å². The van der Waals surface area contributed by atoms with Gasteiger partial charge in [-0.25, -0.2) is 0 Å². The number of rotatable bonds is 3. The predicted octanol–water partition coefficient (Wildman–Crippen LogP) is 4.18. The minimum atomic E-state index is -0.290. The third-order valence-corrected chi connectivity index (χ3v) is 5.01. The first-order chi connectivity index (χ1) is 8.62. The first kappa shape index (κ1) is 14.6. The van der Waals surface area contributed by atoms with Gasteiger partial charge in [0.25, 0.3) is 0 Å². The van der Waals surface area contributed by atoms with Crippen LogP contribution in [-0.2, 0) is 13.0 Å². The lowest BCUT2D eigenvalue weighted by molar-refractivity contribution is 0.0964. The van der Waals surface area contributed by atoms with Gasteiger partial charge in [-0.2, -0.15) is 0 Å². The Labute approximate surface area is 117 Å². The lowest BCUT2D eigenvalue weighted by atomic mass is 9.75. The van der Waals surface area contributed by atoms with Gasteiger partial charge in [-0.3, -0.25) is 0 Å². The molecule has 2 rings (SSSR count). The van der Waals surface area contributed by atoms with Crippen LogP contribution in [0, 0.1) is 16.7 Å². The molecule has 0 fully saturated rings. The third kappa shape index (κ3) is 2.89. The highest BCUT2D eigenvalue weighted by Crippen LogP contribution is 2.42. The molecule has 0 saturated heterocycles. The molecular weight excluding hydrogens is 234 g/mol. The quantitative estimate of drug-likeness (QED) is 0.869. The van der Waals surface area contributed by atoms with Gasteiger partial charge in [-0.1, -0.05) is 41.5 Å². The van der Waals surface area contributed by atoms with Crippen molar-refractivity contribution < 1.29 is 5.11 Å². The zero-order chi connectivity index (χ0) is 14.4. The Morgan fingerprint density at radius 1 is 1.42 bits per heavy atom. The number of aromatic nitrogens is 1. The minimum Gasteiger partial charge on any atom is -0.388 e. The van der Waals surface area contributed by atoms with Crippen LogP contribution in [0.5, 0.6) is 0 Å². The van der Waals surface area contributed by atoms with E-state index in [2.05, 4.69) is 58.4 Å². The lowest BCUT2D eigenvalue weighted by Gasteiger charge is -2.36. The molecule has 0 aromatic carbocycles. The van der Waals surface area contributed by atoms with E-state index in [9.17, 15) is 5.11 Å². The molecule has 0 amide bonds. The number of hydrogen-bond acceptors (Lipinski definition) is 1. The highest BCUT2D eigenvalue weighted by atomic mass is 16.3. The molecule has 0 aliphatic heterocycles. The van der Waals surface area contributed by atoms with E-state index in [1.165, 1.54) is 5.69 Å². The van der Waals surface area contributed by atoms with Gasteiger partial charge < -0.3 is 9.67 Å². The van der Waals surface area contributed by atoms with Gasteiger partial charge in [0.05, 0.1) is 6.10 Å². The molecule has 1 heterocycles. The van der Waals surface area contributed by atoms with Gasteiger partial charge in [0, 0.05) is 24.0 Å². The normalized spacial score (nSPS) is 22.6. The number of fused-ring (bicyclic) bond motifs is 1. The van der Waals surface area contributed by atoms with E-state index in [4.69, 9.17) is 0 Å². The summed E-state index contributed by atoms with van der Waals surface area (Å²) in [6.07, 6.45) is 3.82. The smallest absolute Gasteiger partial charge is 0.0812 e. The fraction of sp³-hybridized carbons (Fsp3) is 0.765. The monoisotopic (exact) mass is 263 g/mol. The molecular formula is C17H29NO. The van der Waals surface area contributed by atoms with Crippen molar-refractivity contribution in [3.8, 4) is 0 Å². The van der Waals surface area contributed by atoms with Crippen LogP contribution < -0.4 is 0 Å². The van der Waals surface area contributed by atoms with E-state index in [1.54, 1.807) is 0 Å². The molecule has 2 heteroatoms. The molecule has 0 spiro atoms. The van der Waals surface area contributed by atoms with Crippen LogP contribution in [0.3, 0.4) is 0 Å². The SMILES string of the molecule is CC(C)C(C)(C)Cn1ccc2c1CC(C)(C)CC2O. The summed E-state index contributed by atoms with van der Waals surface area (Å²) in [6.45, 7) is 14.8. The maximum absolute atomic E-state index is 10.3. The van der Waals surface area contributed by atoms with E-state index in [0.717, 1.165) is 24.9 Å². The van der Waals surface area contributed by atoms with Crippen molar-refractivity contribution in [2.24, 2.45) is 16.7 Å². The summed E-state index contributed by atoms with van der Waals surface area (Å²) in [5, 5.41) is 10.3. The standard InChI is InChI=1S/C17H29NO/c1-12(2)17(5,6)11-18-8-7-13-14(18)9-16(3,4)10-15(13)19/h7-8,12,15,19H,9-11H2,1-6H3. The minimum absolute atomic E-state index is 0.199. The van der Waals surface area contributed by atoms with Gasteiger partial charge in [0.1, 0.15) is 0 Å². The summed E-state index contributed by atoms with van der Waals surface area (Å²) in [7, 11) is 0. The summed E-state index contributed by atoms with van der Waals surface area (Å²) in [4.78, 5) is 0. The number of aliphatic hydroxyl groups excluding tert-OH is 1. The second-order valence-corrected chi connectivity index (χ2v) is 8.05. The molecule has 1 aliphatic carbocycles. The van der Waals surface area contributed by atoms with Crippen molar-refractivity contribution in [1.82, 2.24) is 4.57 Å². The van der Waals surface area contributed by atoms with E-state index < -0.39 is 0 Å². The van der Waals surface area contributed by atoms with Gasteiger partial charge in [0.2, 0.25) is 0 Å². The van der Waals surface area contributed by atoms with Crippen LogP contribution in [0.1, 0.15) is 65.3 Å². The molecule has 1 atom stereocenters. The second-order valence-electron chi connectivity index (χ2n) is 8.05. The van der Waals surface area contributed by atoms with Gasteiger partial charge in [-0.05, 0) is 35.7 Å². The van der Waals surface area contributed by atoms with E-state index in [0.29, 0.717) is 5.92 Å². The van der Waals surface area contributed by atoms with Crippen molar-refractivity contribution in [3.63, 3.8) is 0 Å². The molecule has 19 heavy (non-hydrogen) atoms. The van der Waals surface area contributed by atoms with Gasteiger partial charge in [0.15, 0.2) is 0 Å². The zero-order valence-corrected chi connectivity index (χ0v) is 13.3. The molecule has 1 unspecified atom stereocenters. The molecule has 108 valence electrons. The fourth-order valence-electron chi connectivity index (χ4n) is 2.96. The van der Waals surface area contributed by atoms with Crippen LogP contribution >= 0.6 is 0 Å². The highest BCUT2D eigenvalue weighted by Gasteiger charge is 2.34. The van der Waals surface area contributed by atoms with E-state index in [-0.39, 0.29) is 16.9 Å². The van der Waals surface area contributed by atoms with Crippen LogP contribution in [0.2, 0.25) is 0 Å². The lowest BCUT2D eigenvalue weighted by Crippen LogP contribution is -2.30. The Bertz CT molecular complexity index is 454. The Balaban J connectivity index is 2.31. The molecule has 0 saturated carbocycles. The van der Waals surface area contributed by atoms with Crippen LogP contribution in [0.15, 0.2) is 12.3 Å². The maximum Gasteiger partial charge on any atom is 0.0812 e. The summed E-state index contributed by atoms with van der Waals surface area (Å²) in [5.41, 5.74) is 2.97. The van der Waals surface area contributed by atoms with Gasteiger partial charge >= 0.3 is 0 Å². The molecule has 1 N–H and O–H groups in total.